The molecule has 3 nitrogen and oxygen atoms in total. The van der Waals surface area contributed by atoms with Crippen LogP contribution >= 0.6 is 0 Å². The van der Waals surface area contributed by atoms with Gasteiger partial charge in [-0.05, 0) is 85.4 Å². The molecular formula is C31H37F2N3. The number of hydrogen-bond acceptors (Lipinski definition) is 3. The number of fused-ring (bicyclic) bond motifs is 2. The lowest BCUT2D eigenvalue weighted by atomic mass is 9.38. The smallest absolute Gasteiger partial charge is 0.0952 e. The quantitative estimate of drug-likeness (QED) is 0.478. The van der Waals surface area contributed by atoms with Gasteiger partial charge in [-0.15, -0.1) is 0 Å². The molecule has 0 radical (unpaired) electrons. The minimum absolute atomic E-state index is 0.0216. The molecule has 1 N–H and O–H groups in total. The van der Waals surface area contributed by atoms with Crippen molar-refractivity contribution in [3.8, 4) is 0 Å². The first kappa shape index (κ1) is 22.9. The standard InChI is InChI=1S/C31H37F2N3/c1-21-13-27-26-6-3-2-5-23(26)14-28(27)29(36(21)31-17-30(18-31,19-31)20-33)22-7-9-24(10-8-22)34-25-15-35(16-25)12-4-11-32/h2-3,5-10,21,25,29,34H,4,11-20H2,1H3/t21-,29-,30?,31?/m0/s1. The van der Waals surface area contributed by atoms with Crippen molar-refractivity contribution in [3.05, 3.63) is 70.8 Å². The van der Waals surface area contributed by atoms with Gasteiger partial charge in [-0.3, -0.25) is 18.6 Å². The summed E-state index contributed by atoms with van der Waals surface area (Å²) in [6.07, 6.45) is 5.81. The highest BCUT2D eigenvalue weighted by Crippen LogP contribution is 2.72. The summed E-state index contributed by atoms with van der Waals surface area (Å²) in [6, 6.07) is 19.2. The van der Waals surface area contributed by atoms with Crippen LogP contribution in [0.4, 0.5) is 14.5 Å². The fraction of sp³-hybridized carbons (Fsp3) is 0.548. The Bertz CT molecular complexity index is 1160. The van der Waals surface area contributed by atoms with Gasteiger partial charge < -0.3 is 5.32 Å². The first-order chi connectivity index (χ1) is 17.5. The molecule has 3 saturated carbocycles. The molecular weight excluding hydrogens is 452 g/mol. The van der Waals surface area contributed by atoms with E-state index in [-0.39, 0.29) is 30.3 Å². The summed E-state index contributed by atoms with van der Waals surface area (Å²) in [4.78, 5) is 5.11. The van der Waals surface area contributed by atoms with Gasteiger partial charge >= 0.3 is 0 Å². The third kappa shape index (κ3) is 3.42. The fourth-order valence-electron chi connectivity index (χ4n) is 8.35. The Morgan fingerprint density at radius 1 is 1.00 bits per heavy atom. The maximum absolute atomic E-state index is 13.7. The van der Waals surface area contributed by atoms with Crippen LogP contribution < -0.4 is 5.32 Å². The second kappa shape index (κ2) is 8.39. The zero-order chi connectivity index (χ0) is 24.5. The minimum atomic E-state index is -0.230. The summed E-state index contributed by atoms with van der Waals surface area (Å²) >= 11 is 0. The van der Waals surface area contributed by atoms with Crippen LogP contribution in [0.25, 0.3) is 5.57 Å². The van der Waals surface area contributed by atoms with Crippen molar-refractivity contribution in [1.82, 2.24) is 9.80 Å². The molecule has 6 aliphatic rings. The first-order valence-corrected chi connectivity index (χ1v) is 13.8. The second-order valence-electron chi connectivity index (χ2n) is 12.4. The van der Waals surface area contributed by atoms with E-state index in [0.29, 0.717) is 18.5 Å². The van der Waals surface area contributed by atoms with Gasteiger partial charge in [0.2, 0.25) is 0 Å². The summed E-state index contributed by atoms with van der Waals surface area (Å²) in [5.41, 5.74) is 8.71. The lowest BCUT2D eigenvalue weighted by molar-refractivity contribution is -0.245. The van der Waals surface area contributed by atoms with E-state index in [1.807, 2.05) is 0 Å². The first-order valence-electron chi connectivity index (χ1n) is 13.8. The van der Waals surface area contributed by atoms with E-state index in [2.05, 4.69) is 70.6 Å². The zero-order valence-corrected chi connectivity index (χ0v) is 21.3. The van der Waals surface area contributed by atoms with Crippen LogP contribution in [0.2, 0.25) is 0 Å². The van der Waals surface area contributed by atoms with Crippen LogP contribution in [0.15, 0.2) is 54.1 Å². The Labute approximate surface area is 213 Å². The third-order valence-corrected chi connectivity index (χ3v) is 9.80. The number of nitrogens with zero attached hydrogens (tertiary/aromatic N) is 2. The van der Waals surface area contributed by atoms with Crippen LogP contribution in [0.5, 0.6) is 0 Å². The van der Waals surface area contributed by atoms with Gasteiger partial charge in [0.1, 0.15) is 0 Å². The monoisotopic (exact) mass is 489 g/mol. The molecule has 8 rings (SSSR count). The number of likely N-dealkylation sites (tertiary alicyclic amines) is 1. The van der Waals surface area contributed by atoms with Gasteiger partial charge in [-0.25, -0.2) is 0 Å². The van der Waals surface area contributed by atoms with Crippen molar-refractivity contribution in [2.24, 2.45) is 5.41 Å². The second-order valence-corrected chi connectivity index (χ2v) is 12.4. The van der Waals surface area contributed by atoms with E-state index in [1.54, 1.807) is 11.1 Å². The molecule has 0 unspecified atom stereocenters. The fourth-order valence-corrected chi connectivity index (χ4v) is 8.35. The molecule has 2 bridgehead atoms. The van der Waals surface area contributed by atoms with Crippen molar-refractivity contribution >= 4 is 11.3 Å². The molecule has 0 amide bonds. The number of alkyl halides is 2. The van der Waals surface area contributed by atoms with Crippen molar-refractivity contribution < 1.29 is 8.78 Å². The van der Waals surface area contributed by atoms with E-state index >= 15 is 0 Å². The predicted molar refractivity (Wildman–Crippen MR) is 142 cm³/mol. The molecule has 2 aromatic rings. The Balaban J connectivity index is 1.15. The van der Waals surface area contributed by atoms with Crippen LogP contribution in [-0.4, -0.2) is 60.4 Å². The van der Waals surface area contributed by atoms with Crippen molar-refractivity contribution in [2.75, 3.05) is 38.3 Å². The molecule has 5 heteroatoms. The van der Waals surface area contributed by atoms with Gasteiger partial charge in [0.05, 0.1) is 25.4 Å². The number of nitrogens with one attached hydrogen (secondary N) is 1. The SMILES string of the molecule is C[C@H]1CC2=C(Cc3ccccc32)[C@H](c2ccc(NC3CN(CCCF)C3)cc2)N1C12CC(CF)(C1)C2. The summed E-state index contributed by atoms with van der Waals surface area (Å²) in [7, 11) is 0. The van der Waals surface area contributed by atoms with Crippen molar-refractivity contribution in [3.63, 3.8) is 0 Å². The molecule has 0 aromatic heterocycles. The summed E-state index contributed by atoms with van der Waals surface area (Å²) < 4.78 is 26.2. The highest BCUT2D eigenvalue weighted by atomic mass is 19.1. The largest absolute Gasteiger partial charge is 0.380 e. The average Bonchev–Trinajstić information content (AvgIpc) is 3.18. The number of rotatable bonds is 8. The van der Waals surface area contributed by atoms with E-state index in [1.165, 1.54) is 16.7 Å². The summed E-state index contributed by atoms with van der Waals surface area (Å²) in [6.45, 7) is 4.84. The van der Waals surface area contributed by atoms with Gasteiger partial charge in [-0.2, -0.15) is 0 Å². The molecule has 2 aromatic carbocycles. The molecule has 4 aliphatic carbocycles. The highest BCUT2D eigenvalue weighted by Gasteiger charge is 2.72. The molecule has 1 saturated heterocycles. The molecule has 190 valence electrons. The van der Waals surface area contributed by atoms with Crippen LogP contribution in [-0.2, 0) is 6.42 Å². The maximum Gasteiger partial charge on any atom is 0.0952 e. The van der Waals surface area contributed by atoms with E-state index < -0.39 is 0 Å². The minimum Gasteiger partial charge on any atom is -0.380 e. The van der Waals surface area contributed by atoms with E-state index in [4.69, 9.17) is 0 Å². The highest BCUT2D eigenvalue weighted by molar-refractivity contribution is 5.79. The van der Waals surface area contributed by atoms with Crippen molar-refractivity contribution in [1.29, 1.82) is 0 Å². The molecule has 2 heterocycles. The number of benzene rings is 2. The van der Waals surface area contributed by atoms with Crippen LogP contribution in [0.1, 0.15) is 61.8 Å². The van der Waals surface area contributed by atoms with Gasteiger partial charge in [-0.1, -0.05) is 36.4 Å². The molecule has 2 atom stereocenters. The molecule has 36 heavy (non-hydrogen) atoms. The Morgan fingerprint density at radius 2 is 1.75 bits per heavy atom. The van der Waals surface area contributed by atoms with Gasteiger partial charge in [0.15, 0.2) is 0 Å². The average molecular weight is 490 g/mol. The number of hydrogen-bond donors (Lipinski definition) is 1. The normalized spacial score (nSPS) is 33.4. The predicted octanol–water partition coefficient (Wildman–Crippen LogP) is 6.18. The maximum atomic E-state index is 13.7. The van der Waals surface area contributed by atoms with E-state index in [9.17, 15) is 8.78 Å². The Morgan fingerprint density at radius 3 is 2.47 bits per heavy atom. The lowest BCUT2D eigenvalue weighted by Gasteiger charge is -2.75. The molecule has 0 spiro atoms. The number of halogens is 2. The Hall–Kier alpha value is -2.24. The zero-order valence-electron chi connectivity index (χ0n) is 21.3. The summed E-state index contributed by atoms with van der Waals surface area (Å²) in [5.74, 6) is 0. The van der Waals surface area contributed by atoms with E-state index in [0.717, 1.165) is 57.4 Å². The topological polar surface area (TPSA) is 18.5 Å². The van der Waals surface area contributed by atoms with Gasteiger partial charge in [0, 0.05) is 42.3 Å². The lowest BCUT2D eigenvalue weighted by Crippen LogP contribution is -2.77. The van der Waals surface area contributed by atoms with Gasteiger partial charge in [0.25, 0.3) is 0 Å². The van der Waals surface area contributed by atoms with Crippen LogP contribution in [0.3, 0.4) is 0 Å². The third-order valence-electron chi connectivity index (χ3n) is 9.80. The summed E-state index contributed by atoms with van der Waals surface area (Å²) in [5, 5.41) is 3.67. The molecule has 4 fully saturated rings. The molecule has 2 aliphatic heterocycles. The number of anilines is 1. The van der Waals surface area contributed by atoms with Crippen LogP contribution in [0, 0.1) is 5.41 Å². The Kier molecular flexibility index (Phi) is 5.34. The van der Waals surface area contributed by atoms with Crippen molar-refractivity contribution in [2.45, 2.75) is 69.1 Å².